The van der Waals surface area contributed by atoms with Gasteiger partial charge in [-0.05, 0) is 60.2 Å². The molecule has 1 aliphatic rings. The fraction of sp³-hybridized carbons (Fsp3) is 0.240. The molecule has 10 heteroatoms. The first-order chi connectivity index (χ1) is 16.9. The van der Waals surface area contributed by atoms with Gasteiger partial charge in [-0.1, -0.05) is 39.7 Å². The number of methoxy groups -OCH3 is 1. The summed E-state index contributed by atoms with van der Waals surface area (Å²) in [6.07, 6.45) is 4.28. The molecule has 35 heavy (non-hydrogen) atoms. The molecule has 2 heterocycles. The Bertz CT molecular complexity index is 1310. The minimum absolute atomic E-state index is 0.115. The molecule has 7 nitrogen and oxygen atoms in total. The van der Waals surface area contributed by atoms with E-state index in [4.69, 9.17) is 16.3 Å². The average Bonchev–Trinajstić information content (AvgIpc) is 3.29. The first kappa shape index (κ1) is 25.5. The number of aromatic nitrogens is 1. The van der Waals surface area contributed by atoms with Crippen LogP contribution in [0.2, 0.25) is 5.02 Å². The van der Waals surface area contributed by atoms with Crippen molar-refractivity contribution in [3.05, 3.63) is 74.2 Å². The molecule has 0 radical (unpaired) electrons. The van der Waals surface area contributed by atoms with Crippen LogP contribution >= 0.6 is 39.3 Å². The predicted octanol–water partition coefficient (Wildman–Crippen LogP) is 5.45. The first-order valence-corrected chi connectivity index (χ1v) is 12.9. The lowest BCUT2D eigenvalue weighted by Crippen LogP contribution is -2.28. The van der Waals surface area contributed by atoms with Crippen molar-refractivity contribution in [2.45, 2.75) is 19.5 Å². The van der Waals surface area contributed by atoms with Crippen molar-refractivity contribution in [3.63, 3.8) is 0 Å². The minimum Gasteiger partial charge on any atom is -0.385 e. The van der Waals surface area contributed by atoms with E-state index < -0.39 is 0 Å². The number of thioether (sulfide) groups is 1. The van der Waals surface area contributed by atoms with Crippen molar-refractivity contribution in [1.82, 2.24) is 14.8 Å². The van der Waals surface area contributed by atoms with E-state index in [2.05, 4.69) is 21.2 Å². The van der Waals surface area contributed by atoms with Gasteiger partial charge in [0.15, 0.2) is 0 Å². The Morgan fingerprint density at radius 3 is 2.71 bits per heavy atom. The van der Waals surface area contributed by atoms with E-state index in [-0.39, 0.29) is 30.1 Å². The van der Waals surface area contributed by atoms with Crippen LogP contribution in [0, 0.1) is 0 Å². The van der Waals surface area contributed by atoms with Gasteiger partial charge in [0.25, 0.3) is 11.1 Å². The molecule has 0 aliphatic carbocycles. The van der Waals surface area contributed by atoms with Gasteiger partial charge in [-0.3, -0.25) is 19.3 Å². The van der Waals surface area contributed by atoms with E-state index in [1.807, 2.05) is 29.0 Å². The van der Waals surface area contributed by atoms with E-state index in [0.717, 1.165) is 44.7 Å². The maximum absolute atomic E-state index is 13.1. The van der Waals surface area contributed by atoms with Gasteiger partial charge in [-0.25, -0.2) is 0 Å². The number of halogens is 2. The highest BCUT2D eigenvalue weighted by atomic mass is 79.9. The van der Waals surface area contributed by atoms with Crippen LogP contribution < -0.4 is 5.32 Å². The van der Waals surface area contributed by atoms with E-state index in [9.17, 15) is 14.4 Å². The molecule has 0 bridgehead atoms. The monoisotopic (exact) mass is 575 g/mol. The van der Waals surface area contributed by atoms with E-state index in [1.54, 1.807) is 37.5 Å². The van der Waals surface area contributed by atoms with Crippen molar-refractivity contribution in [3.8, 4) is 0 Å². The number of carbonyl (C=O) groups excluding carboxylic acids is 3. The van der Waals surface area contributed by atoms with Gasteiger partial charge in [0.2, 0.25) is 5.91 Å². The quantitative estimate of drug-likeness (QED) is 0.271. The van der Waals surface area contributed by atoms with Crippen molar-refractivity contribution in [1.29, 1.82) is 0 Å². The van der Waals surface area contributed by atoms with Crippen LogP contribution in [0.15, 0.2) is 58.0 Å². The summed E-state index contributed by atoms with van der Waals surface area (Å²) in [5.74, 6) is -0.461. The number of hydrogen-bond acceptors (Lipinski definition) is 5. The van der Waals surface area contributed by atoms with E-state index in [0.29, 0.717) is 23.1 Å². The maximum atomic E-state index is 13.1. The summed E-state index contributed by atoms with van der Waals surface area (Å²) in [6, 6.07) is 12.8. The highest BCUT2D eigenvalue weighted by molar-refractivity contribution is 9.10. The van der Waals surface area contributed by atoms with Crippen LogP contribution in [-0.2, 0) is 27.4 Å². The normalized spacial score (nSPS) is 14.9. The summed E-state index contributed by atoms with van der Waals surface area (Å²) >= 11 is 10.3. The van der Waals surface area contributed by atoms with Gasteiger partial charge in [0.1, 0.15) is 6.54 Å². The molecule has 3 aromatic rings. The standard InChI is InChI=1S/C25H23BrClN3O4S/c1-34-10-2-9-28-23(31)15-29-14-17(20-12-18(26)5-8-21(20)29)11-22-24(32)30(25(33)35-22)13-16-3-6-19(27)7-4-16/h3-8,11-12,14H,2,9-10,13,15H2,1H3,(H,28,31)/b22-11-. The Morgan fingerprint density at radius 1 is 1.20 bits per heavy atom. The highest BCUT2D eigenvalue weighted by Crippen LogP contribution is 2.35. The Kier molecular flexibility index (Phi) is 8.33. The Labute approximate surface area is 220 Å². The molecule has 182 valence electrons. The van der Waals surface area contributed by atoms with Gasteiger partial charge >= 0.3 is 0 Å². The molecule has 1 saturated heterocycles. The molecule has 4 rings (SSSR count). The smallest absolute Gasteiger partial charge is 0.293 e. The van der Waals surface area contributed by atoms with E-state index >= 15 is 0 Å². The maximum Gasteiger partial charge on any atom is 0.293 e. The summed E-state index contributed by atoms with van der Waals surface area (Å²) in [6.45, 7) is 1.43. The van der Waals surface area contributed by atoms with Crippen molar-refractivity contribution >= 4 is 73.3 Å². The highest BCUT2D eigenvalue weighted by Gasteiger charge is 2.35. The molecular formula is C25H23BrClN3O4S. The zero-order valence-electron chi connectivity index (χ0n) is 18.9. The lowest BCUT2D eigenvalue weighted by Gasteiger charge is -2.12. The van der Waals surface area contributed by atoms with Crippen LogP contribution in [0.3, 0.4) is 0 Å². The van der Waals surface area contributed by atoms with Crippen LogP contribution in [0.4, 0.5) is 4.79 Å². The molecule has 1 fully saturated rings. The molecule has 1 aliphatic heterocycles. The summed E-state index contributed by atoms with van der Waals surface area (Å²) in [5.41, 5.74) is 2.42. The third kappa shape index (κ3) is 6.16. The van der Waals surface area contributed by atoms with E-state index in [1.165, 1.54) is 4.90 Å². The predicted molar refractivity (Wildman–Crippen MR) is 142 cm³/mol. The Morgan fingerprint density at radius 2 is 1.97 bits per heavy atom. The Balaban J connectivity index is 1.57. The molecule has 0 spiro atoms. The van der Waals surface area contributed by atoms with Gasteiger partial charge in [-0.15, -0.1) is 0 Å². The third-order valence-corrected chi connectivity index (χ3v) is 7.10. The number of hydrogen-bond donors (Lipinski definition) is 1. The van der Waals surface area contributed by atoms with Crippen LogP contribution in [0.5, 0.6) is 0 Å². The summed E-state index contributed by atoms with van der Waals surface area (Å²) in [5, 5.41) is 4.03. The van der Waals surface area contributed by atoms with Crippen LogP contribution in [-0.4, -0.2) is 46.8 Å². The third-order valence-electron chi connectivity index (χ3n) is 5.45. The molecule has 1 N–H and O–H groups in total. The number of rotatable bonds is 9. The number of imide groups is 1. The molecular weight excluding hydrogens is 554 g/mol. The van der Waals surface area contributed by atoms with Gasteiger partial charge in [0, 0.05) is 52.4 Å². The lowest BCUT2D eigenvalue weighted by atomic mass is 10.1. The Hall–Kier alpha value is -2.59. The zero-order chi connectivity index (χ0) is 24.9. The van der Waals surface area contributed by atoms with Gasteiger partial charge < -0.3 is 14.6 Å². The second-order valence-electron chi connectivity index (χ2n) is 7.96. The molecule has 2 aromatic carbocycles. The topological polar surface area (TPSA) is 80.6 Å². The second-order valence-corrected chi connectivity index (χ2v) is 10.3. The minimum atomic E-state index is -0.346. The SMILES string of the molecule is COCCCNC(=O)Cn1cc(/C=C2\SC(=O)N(Cc3ccc(Cl)cc3)C2=O)c2cc(Br)ccc21. The summed E-state index contributed by atoms with van der Waals surface area (Å²) in [7, 11) is 1.62. The van der Waals surface area contributed by atoms with Gasteiger partial charge in [-0.2, -0.15) is 0 Å². The number of ether oxygens (including phenoxy) is 1. The molecule has 0 unspecified atom stereocenters. The lowest BCUT2D eigenvalue weighted by molar-refractivity contribution is -0.123. The molecule has 0 atom stereocenters. The fourth-order valence-electron chi connectivity index (χ4n) is 3.75. The second kappa shape index (κ2) is 11.4. The largest absolute Gasteiger partial charge is 0.385 e. The van der Waals surface area contributed by atoms with Crippen LogP contribution in [0.1, 0.15) is 17.5 Å². The zero-order valence-corrected chi connectivity index (χ0v) is 22.1. The molecule has 1 aromatic heterocycles. The number of benzene rings is 2. The summed E-state index contributed by atoms with van der Waals surface area (Å²) < 4.78 is 7.73. The molecule has 3 amide bonds. The number of amides is 3. The number of carbonyl (C=O) groups is 3. The van der Waals surface area contributed by atoms with Crippen molar-refractivity contribution in [2.75, 3.05) is 20.3 Å². The first-order valence-electron chi connectivity index (χ1n) is 10.9. The summed E-state index contributed by atoms with van der Waals surface area (Å²) in [4.78, 5) is 39.7. The number of nitrogens with zero attached hydrogens (tertiary/aromatic N) is 2. The van der Waals surface area contributed by atoms with Crippen LogP contribution in [0.25, 0.3) is 17.0 Å². The van der Waals surface area contributed by atoms with Gasteiger partial charge in [0.05, 0.1) is 11.4 Å². The van der Waals surface area contributed by atoms with Crippen molar-refractivity contribution in [2.24, 2.45) is 0 Å². The molecule has 0 saturated carbocycles. The number of fused-ring (bicyclic) bond motifs is 1. The number of nitrogens with one attached hydrogen (secondary N) is 1. The fourth-order valence-corrected chi connectivity index (χ4v) is 5.06. The van der Waals surface area contributed by atoms with Crippen molar-refractivity contribution < 1.29 is 19.1 Å². The average molecular weight is 577 g/mol.